The van der Waals surface area contributed by atoms with Crippen molar-refractivity contribution in [1.82, 2.24) is 0 Å². The van der Waals surface area contributed by atoms with Crippen LogP contribution in [0.25, 0.3) is 0 Å². The lowest BCUT2D eigenvalue weighted by Gasteiger charge is -2.17. The Balaban J connectivity index is 3.01. The van der Waals surface area contributed by atoms with Crippen molar-refractivity contribution in [2.24, 2.45) is 0 Å². The van der Waals surface area contributed by atoms with Crippen LogP contribution in [0.1, 0.15) is 17.2 Å². The lowest BCUT2D eigenvalue weighted by Crippen LogP contribution is -2.20. The van der Waals surface area contributed by atoms with Gasteiger partial charge in [-0.3, -0.25) is 0 Å². The zero-order chi connectivity index (χ0) is 11.4. The average Bonchev–Trinajstić information content (AvgIpc) is 2.27. The lowest BCUT2D eigenvalue weighted by molar-refractivity contribution is 0.0342. The monoisotopic (exact) mass is 294 g/mol. The molecule has 1 aromatic rings. The number of rotatable bonds is 4. The van der Waals surface area contributed by atoms with Crippen LogP contribution in [0.3, 0.4) is 0 Å². The van der Waals surface area contributed by atoms with Crippen LogP contribution < -0.4 is 0 Å². The van der Waals surface area contributed by atoms with E-state index in [9.17, 15) is 10.2 Å². The standard InChI is InChI=1S/C10H12BrClO3/c11-4-9(14)10(15)7-3-6(5-13)1-2-8(7)12/h1-3,9-10,13-15H,4-5H2. The van der Waals surface area contributed by atoms with Crippen molar-refractivity contribution in [3.8, 4) is 0 Å². The molecule has 0 fully saturated rings. The van der Waals surface area contributed by atoms with Crippen LogP contribution in [0.2, 0.25) is 5.02 Å². The van der Waals surface area contributed by atoms with E-state index in [1.807, 2.05) is 0 Å². The Labute approximate surface area is 101 Å². The van der Waals surface area contributed by atoms with E-state index in [0.717, 1.165) is 0 Å². The molecule has 0 saturated heterocycles. The highest BCUT2D eigenvalue weighted by Gasteiger charge is 2.19. The molecule has 0 aliphatic carbocycles. The summed E-state index contributed by atoms with van der Waals surface area (Å²) >= 11 is 8.95. The largest absolute Gasteiger partial charge is 0.392 e. The summed E-state index contributed by atoms with van der Waals surface area (Å²) in [6, 6.07) is 4.84. The first-order chi connectivity index (χ1) is 7.10. The molecule has 0 amide bonds. The minimum absolute atomic E-state index is 0.124. The van der Waals surface area contributed by atoms with Crippen LogP contribution in [-0.4, -0.2) is 26.8 Å². The summed E-state index contributed by atoms with van der Waals surface area (Å²) in [7, 11) is 0. The smallest absolute Gasteiger partial charge is 0.107 e. The van der Waals surface area contributed by atoms with Gasteiger partial charge in [0.15, 0.2) is 0 Å². The fourth-order valence-electron chi connectivity index (χ4n) is 1.21. The van der Waals surface area contributed by atoms with Crippen molar-refractivity contribution in [2.75, 3.05) is 5.33 Å². The van der Waals surface area contributed by atoms with Gasteiger partial charge in [0.25, 0.3) is 0 Å². The Morgan fingerprint density at radius 1 is 1.33 bits per heavy atom. The molecule has 1 aromatic carbocycles. The molecule has 3 nitrogen and oxygen atoms in total. The molecule has 0 aliphatic rings. The molecular formula is C10H12BrClO3. The van der Waals surface area contributed by atoms with Gasteiger partial charge in [0.2, 0.25) is 0 Å². The number of aliphatic hydroxyl groups is 3. The molecule has 0 saturated carbocycles. The minimum Gasteiger partial charge on any atom is -0.392 e. The minimum atomic E-state index is -1.05. The summed E-state index contributed by atoms with van der Waals surface area (Å²) in [5.41, 5.74) is 1.07. The van der Waals surface area contributed by atoms with Crippen molar-refractivity contribution in [3.05, 3.63) is 34.3 Å². The Bertz CT molecular complexity index is 332. The van der Waals surface area contributed by atoms with Gasteiger partial charge in [0, 0.05) is 15.9 Å². The molecule has 15 heavy (non-hydrogen) atoms. The highest BCUT2D eigenvalue weighted by atomic mass is 79.9. The van der Waals surface area contributed by atoms with Crippen LogP contribution >= 0.6 is 27.5 Å². The van der Waals surface area contributed by atoms with Gasteiger partial charge in [-0.15, -0.1) is 0 Å². The molecular weight excluding hydrogens is 283 g/mol. The molecule has 3 N–H and O–H groups in total. The zero-order valence-corrected chi connectivity index (χ0v) is 10.2. The van der Waals surface area contributed by atoms with Crippen LogP contribution in [0.5, 0.6) is 0 Å². The van der Waals surface area contributed by atoms with Gasteiger partial charge in [-0.1, -0.05) is 33.6 Å². The third-order valence-corrected chi connectivity index (χ3v) is 3.09. The van der Waals surface area contributed by atoms with Crippen molar-refractivity contribution >= 4 is 27.5 Å². The number of aliphatic hydroxyl groups excluding tert-OH is 3. The number of halogens is 2. The Hall–Kier alpha value is -0.130. The van der Waals surface area contributed by atoms with Gasteiger partial charge < -0.3 is 15.3 Å². The predicted molar refractivity (Wildman–Crippen MR) is 62.1 cm³/mol. The average molecular weight is 296 g/mol. The summed E-state index contributed by atoms with van der Waals surface area (Å²) in [4.78, 5) is 0. The third kappa shape index (κ3) is 3.16. The molecule has 0 radical (unpaired) electrons. The summed E-state index contributed by atoms with van der Waals surface area (Å²) in [5.74, 6) is 0. The quantitative estimate of drug-likeness (QED) is 0.740. The van der Waals surface area contributed by atoms with Gasteiger partial charge in [-0.05, 0) is 17.7 Å². The first-order valence-corrected chi connectivity index (χ1v) is 5.91. The maximum absolute atomic E-state index is 9.74. The second-order valence-electron chi connectivity index (χ2n) is 3.18. The van der Waals surface area contributed by atoms with Gasteiger partial charge in [-0.25, -0.2) is 0 Å². The molecule has 2 unspecified atom stereocenters. The number of hydrogen-bond acceptors (Lipinski definition) is 3. The van der Waals surface area contributed by atoms with Crippen molar-refractivity contribution in [3.63, 3.8) is 0 Å². The zero-order valence-electron chi connectivity index (χ0n) is 7.90. The van der Waals surface area contributed by atoms with E-state index < -0.39 is 12.2 Å². The number of hydrogen-bond donors (Lipinski definition) is 3. The van der Waals surface area contributed by atoms with Crippen LogP contribution in [-0.2, 0) is 6.61 Å². The molecule has 5 heteroatoms. The molecule has 1 rings (SSSR count). The van der Waals surface area contributed by atoms with Gasteiger partial charge >= 0.3 is 0 Å². The SMILES string of the molecule is OCc1ccc(Cl)c(C(O)C(O)CBr)c1. The summed E-state index contributed by atoms with van der Waals surface area (Å²) in [6.07, 6.45) is -1.97. The first-order valence-electron chi connectivity index (χ1n) is 4.41. The van der Waals surface area contributed by atoms with Gasteiger partial charge in [0.05, 0.1) is 12.7 Å². The molecule has 84 valence electrons. The summed E-state index contributed by atoms with van der Waals surface area (Å²) in [5, 5.41) is 28.8. The van der Waals surface area contributed by atoms with Crippen molar-refractivity contribution < 1.29 is 15.3 Å². The van der Waals surface area contributed by atoms with E-state index in [-0.39, 0.29) is 11.9 Å². The maximum atomic E-state index is 9.74. The number of alkyl halides is 1. The van der Waals surface area contributed by atoms with Crippen LogP contribution in [0.4, 0.5) is 0 Å². The number of benzene rings is 1. The van der Waals surface area contributed by atoms with E-state index in [1.165, 1.54) is 0 Å². The molecule has 0 heterocycles. The van der Waals surface area contributed by atoms with Gasteiger partial charge in [-0.2, -0.15) is 0 Å². The Kier molecular flexibility index (Phi) is 5.02. The van der Waals surface area contributed by atoms with Crippen molar-refractivity contribution in [1.29, 1.82) is 0 Å². The predicted octanol–water partition coefficient (Wildman–Crippen LogP) is 1.62. The molecule has 0 spiro atoms. The first kappa shape index (κ1) is 12.9. The third-order valence-electron chi connectivity index (χ3n) is 2.08. The lowest BCUT2D eigenvalue weighted by atomic mass is 10.0. The van der Waals surface area contributed by atoms with E-state index >= 15 is 0 Å². The van der Waals surface area contributed by atoms with E-state index in [4.69, 9.17) is 16.7 Å². The Morgan fingerprint density at radius 3 is 2.53 bits per heavy atom. The van der Waals surface area contributed by atoms with E-state index in [2.05, 4.69) is 15.9 Å². The maximum Gasteiger partial charge on any atom is 0.107 e. The molecule has 0 aromatic heterocycles. The highest BCUT2D eigenvalue weighted by molar-refractivity contribution is 9.09. The van der Waals surface area contributed by atoms with E-state index in [1.54, 1.807) is 18.2 Å². The van der Waals surface area contributed by atoms with Gasteiger partial charge in [0.1, 0.15) is 6.10 Å². The highest BCUT2D eigenvalue weighted by Crippen LogP contribution is 2.27. The normalized spacial score (nSPS) is 15.0. The van der Waals surface area contributed by atoms with E-state index in [0.29, 0.717) is 16.1 Å². The molecule has 0 aliphatic heterocycles. The van der Waals surface area contributed by atoms with Crippen LogP contribution in [0, 0.1) is 0 Å². The van der Waals surface area contributed by atoms with Crippen LogP contribution in [0.15, 0.2) is 18.2 Å². The second-order valence-corrected chi connectivity index (χ2v) is 4.24. The van der Waals surface area contributed by atoms with Crippen molar-refractivity contribution in [2.45, 2.75) is 18.8 Å². The summed E-state index contributed by atoms with van der Waals surface area (Å²) in [6.45, 7) is -0.124. The topological polar surface area (TPSA) is 60.7 Å². The molecule has 2 atom stereocenters. The molecule has 0 bridgehead atoms. The summed E-state index contributed by atoms with van der Waals surface area (Å²) < 4.78 is 0. The fourth-order valence-corrected chi connectivity index (χ4v) is 1.79. The Morgan fingerprint density at radius 2 is 2.00 bits per heavy atom. The fraction of sp³-hybridized carbons (Fsp3) is 0.400. The second kappa shape index (κ2) is 5.82.